The van der Waals surface area contributed by atoms with Gasteiger partial charge in [0.25, 0.3) is 5.91 Å². The van der Waals surface area contributed by atoms with Gasteiger partial charge in [0.15, 0.2) is 23.2 Å². The molecule has 1 aromatic heterocycles. The van der Waals surface area contributed by atoms with Gasteiger partial charge in [-0.2, -0.15) is 0 Å². The van der Waals surface area contributed by atoms with E-state index in [1.54, 1.807) is 13.8 Å². The van der Waals surface area contributed by atoms with Gasteiger partial charge < -0.3 is 9.84 Å². The van der Waals surface area contributed by atoms with E-state index in [0.717, 1.165) is 41.3 Å². The normalized spacial score (nSPS) is 12.2. The molecule has 1 heterocycles. The number of esters is 1. The lowest BCUT2D eigenvalue weighted by atomic mass is 9.98. The molecule has 3 aromatic rings. The Hall–Kier alpha value is -3.29. The van der Waals surface area contributed by atoms with Gasteiger partial charge in [-0.15, -0.1) is 0 Å². The Morgan fingerprint density at radius 1 is 1.10 bits per heavy atom. The summed E-state index contributed by atoms with van der Waals surface area (Å²) in [5, 5.41) is 10.2. The van der Waals surface area contributed by atoms with Crippen molar-refractivity contribution in [3.05, 3.63) is 64.6 Å². The summed E-state index contributed by atoms with van der Waals surface area (Å²) >= 11 is 0. The molecule has 2 aromatic carbocycles. The second kappa shape index (κ2) is 8.83. The molecule has 31 heavy (non-hydrogen) atoms. The van der Waals surface area contributed by atoms with Crippen LogP contribution in [0.5, 0.6) is 5.75 Å². The number of fused-ring (bicyclic) bond motifs is 1. The minimum Gasteiger partial charge on any atom is -0.505 e. The van der Waals surface area contributed by atoms with Crippen LogP contribution in [0, 0.1) is 24.4 Å². The molecule has 164 valence electrons. The summed E-state index contributed by atoms with van der Waals surface area (Å²) in [5.41, 5.74) is 0.611. The first-order valence-corrected chi connectivity index (χ1v) is 9.87. The van der Waals surface area contributed by atoms with Crippen molar-refractivity contribution in [2.75, 3.05) is 6.61 Å². The van der Waals surface area contributed by atoms with E-state index in [4.69, 9.17) is 4.74 Å². The van der Waals surface area contributed by atoms with Gasteiger partial charge in [-0.3, -0.25) is 14.2 Å². The van der Waals surface area contributed by atoms with E-state index < -0.39 is 41.0 Å². The largest absolute Gasteiger partial charge is 0.505 e. The molecule has 0 saturated heterocycles. The van der Waals surface area contributed by atoms with Crippen molar-refractivity contribution < 1.29 is 32.6 Å². The summed E-state index contributed by atoms with van der Waals surface area (Å²) in [5.74, 6) is -5.98. The molecule has 0 aliphatic rings. The second-order valence-electron chi connectivity index (χ2n) is 7.33. The SMILES string of the molecule is CCCCOC(=O)[C@@H](C)c1c(C)n(C(=O)c2ccc(F)c(F)c2)c2cc(F)c(O)cc12. The van der Waals surface area contributed by atoms with E-state index in [0.29, 0.717) is 17.7 Å². The molecule has 0 fully saturated rings. The van der Waals surface area contributed by atoms with Crippen LogP contribution < -0.4 is 0 Å². The molecule has 5 nitrogen and oxygen atoms in total. The number of aromatic hydroxyl groups is 1. The number of rotatable bonds is 6. The Kier molecular flexibility index (Phi) is 6.38. The molecule has 0 saturated carbocycles. The van der Waals surface area contributed by atoms with Crippen LogP contribution in [0.4, 0.5) is 13.2 Å². The average molecular weight is 433 g/mol. The maximum atomic E-state index is 14.1. The van der Waals surface area contributed by atoms with Crippen molar-refractivity contribution in [3.63, 3.8) is 0 Å². The first kappa shape index (κ1) is 22.4. The number of benzene rings is 2. The zero-order valence-electron chi connectivity index (χ0n) is 17.3. The third-order valence-electron chi connectivity index (χ3n) is 5.22. The van der Waals surface area contributed by atoms with Crippen molar-refractivity contribution in [2.24, 2.45) is 0 Å². The fraction of sp³-hybridized carbons (Fsp3) is 0.304. The number of phenolic OH excluding ortho intramolecular Hbond substituents is 1. The minimum atomic E-state index is -1.20. The number of hydrogen-bond acceptors (Lipinski definition) is 4. The zero-order valence-corrected chi connectivity index (χ0v) is 17.3. The highest BCUT2D eigenvalue weighted by Crippen LogP contribution is 2.36. The van der Waals surface area contributed by atoms with Crippen LogP contribution >= 0.6 is 0 Å². The van der Waals surface area contributed by atoms with Crippen LogP contribution in [0.3, 0.4) is 0 Å². The van der Waals surface area contributed by atoms with E-state index in [-0.39, 0.29) is 23.1 Å². The molecule has 3 rings (SSSR count). The summed E-state index contributed by atoms with van der Waals surface area (Å²) in [6.45, 7) is 5.34. The molecular weight excluding hydrogens is 411 g/mol. The summed E-state index contributed by atoms with van der Waals surface area (Å²) in [6, 6.07) is 4.79. The van der Waals surface area contributed by atoms with Crippen LogP contribution in [-0.4, -0.2) is 28.2 Å². The first-order valence-electron chi connectivity index (χ1n) is 9.87. The molecule has 0 radical (unpaired) electrons. The highest BCUT2D eigenvalue weighted by molar-refractivity contribution is 6.05. The zero-order chi connectivity index (χ0) is 22.9. The van der Waals surface area contributed by atoms with Gasteiger partial charge in [-0.25, -0.2) is 13.2 Å². The standard InChI is InChI=1S/C23H22F3NO4/c1-4-5-8-31-23(30)12(2)21-13(3)27(19-11-18(26)20(28)10-15(19)21)22(29)14-6-7-16(24)17(25)9-14/h6-7,9-12,28H,4-5,8H2,1-3H3/t12-/m0/s1. The number of nitrogens with zero attached hydrogens (tertiary/aromatic N) is 1. The van der Waals surface area contributed by atoms with Crippen LogP contribution in [0.1, 0.15) is 54.2 Å². The molecule has 0 unspecified atom stereocenters. The monoisotopic (exact) mass is 433 g/mol. The number of halogens is 3. The minimum absolute atomic E-state index is 0.0886. The second-order valence-corrected chi connectivity index (χ2v) is 7.33. The van der Waals surface area contributed by atoms with Gasteiger partial charge in [0.1, 0.15) is 0 Å². The predicted molar refractivity (Wildman–Crippen MR) is 109 cm³/mol. The van der Waals surface area contributed by atoms with Crippen LogP contribution in [-0.2, 0) is 9.53 Å². The summed E-state index contributed by atoms with van der Waals surface area (Å²) < 4.78 is 47.5. The fourth-order valence-corrected chi connectivity index (χ4v) is 3.57. The maximum Gasteiger partial charge on any atom is 0.313 e. The number of carbonyl (C=O) groups excluding carboxylic acids is 2. The van der Waals surface area contributed by atoms with E-state index in [9.17, 15) is 27.9 Å². The maximum absolute atomic E-state index is 14.1. The molecule has 1 N–H and O–H groups in total. The number of ether oxygens (including phenoxy) is 1. The average Bonchev–Trinajstić information content (AvgIpc) is 3.00. The van der Waals surface area contributed by atoms with Crippen LogP contribution in [0.25, 0.3) is 10.9 Å². The number of carbonyl (C=O) groups is 2. The first-order chi connectivity index (χ1) is 14.7. The molecule has 0 aliphatic carbocycles. The fourth-order valence-electron chi connectivity index (χ4n) is 3.57. The van der Waals surface area contributed by atoms with Gasteiger partial charge in [-0.1, -0.05) is 13.3 Å². The Morgan fingerprint density at radius 2 is 1.81 bits per heavy atom. The summed E-state index contributed by atoms with van der Waals surface area (Å²) in [7, 11) is 0. The van der Waals surface area contributed by atoms with Crippen molar-refractivity contribution in [2.45, 2.75) is 39.5 Å². The molecule has 0 bridgehead atoms. The van der Waals surface area contributed by atoms with Gasteiger partial charge in [-0.05, 0) is 50.1 Å². The summed E-state index contributed by atoms with van der Waals surface area (Å²) in [4.78, 5) is 25.7. The smallest absolute Gasteiger partial charge is 0.313 e. The molecule has 1 atom stereocenters. The lowest BCUT2D eigenvalue weighted by Crippen LogP contribution is -2.17. The third-order valence-corrected chi connectivity index (χ3v) is 5.22. The van der Waals surface area contributed by atoms with Crippen molar-refractivity contribution in [1.29, 1.82) is 0 Å². The number of unbranched alkanes of at least 4 members (excludes halogenated alkanes) is 1. The molecule has 0 amide bonds. The van der Waals surface area contributed by atoms with Crippen molar-refractivity contribution in [3.8, 4) is 5.75 Å². The Balaban J connectivity index is 2.17. The topological polar surface area (TPSA) is 68.5 Å². The van der Waals surface area contributed by atoms with Crippen molar-refractivity contribution >= 4 is 22.8 Å². The van der Waals surface area contributed by atoms with Crippen molar-refractivity contribution in [1.82, 2.24) is 4.57 Å². The lowest BCUT2D eigenvalue weighted by molar-refractivity contribution is -0.145. The molecular formula is C23H22F3NO4. The third kappa shape index (κ3) is 4.15. The van der Waals surface area contributed by atoms with E-state index in [2.05, 4.69) is 0 Å². The predicted octanol–water partition coefficient (Wildman–Crippen LogP) is 5.21. The van der Waals surface area contributed by atoms with Gasteiger partial charge >= 0.3 is 5.97 Å². The Bertz CT molecular complexity index is 1170. The summed E-state index contributed by atoms with van der Waals surface area (Å²) in [6.07, 6.45) is 1.54. The molecule has 8 heteroatoms. The number of aromatic nitrogens is 1. The van der Waals surface area contributed by atoms with Gasteiger partial charge in [0, 0.05) is 22.7 Å². The highest BCUT2D eigenvalue weighted by Gasteiger charge is 2.28. The number of hydrogen-bond donors (Lipinski definition) is 1. The number of phenols is 1. The Labute approximate surface area is 177 Å². The van der Waals surface area contributed by atoms with E-state index >= 15 is 0 Å². The molecule has 0 spiro atoms. The lowest BCUT2D eigenvalue weighted by Gasteiger charge is -2.13. The quantitative estimate of drug-likeness (QED) is 0.428. The molecule has 0 aliphatic heterocycles. The highest BCUT2D eigenvalue weighted by atomic mass is 19.2. The van der Waals surface area contributed by atoms with Crippen LogP contribution in [0.15, 0.2) is 30.3 Å². The van der Waals surface area contributed by atoms with E-state index in [1.807, 2.05) is 6.92 Å². The van der Waals surface area contributed by atoms with Crippen LogP contribution in [0.2, 0.25) is 0 Å². The van der Waals surface area contributed by atoms with Gasteiger partial charge in [0.05, 0.1) is 18.0 Å². The van der Waals surface area contributed by atoms with Gasteiger partial charge in [0.2, 0.25) is 0 Å². The van der Waals surface area contributed by atoms with E-state index in [1.165, 1.54) is 0 Å². The Morgan fingerprint density at radius 3 is 2.45 bits per heavy atom.